The van der Waals surface area contributed by atoms with Gasteiger partial charge in [-0.3, -0.25) is 4.79 Å². The Morgan fingerprint density at radius 3 is 2.56 bits per heavy atom. The Kier molecular flexibility index (Phi) is 6.18. The average Bonchev–Trinajstić information content (AvgIpc) is 2.65. The molecule has 0 unspecified atom stereocenters. The number of aryl methyl sites for hydroxylation is 1. The first-order chi connectivity index (χ1) is 12.8. The van der Waals surface area contributed by atoms with E-state index in [1.54, 1.807) is 31.2 Å². The minimum atomic E-state index is -1.59. The van der Waals surface area contributed by atoms with E-state index in [2.05, 4.69) is 6.07 Å². The van der Waals surface area contributed by atoms with E-state index in [9.17, 15) is 20.0 Å². The molecule has 2 N–H and O–H groups in total. The number of carboxylic acids is 1. The van der Waals surface area contributed by atoms with Gasteiger partial charge in [-0.15, -0.1) is 0 Å². The average molecular weight is 367 g/mol. The second kappa shape index (κ2) is 8.54. The summed E-state index contributed by atoms with van der Waals surface area (Å²) in [7, 11) is 1.53. The molecule has 0 aliphatic rings. The van der Waals surface area contributed by atoms with Crippen molar-refractivity contribution in [1.29, 1.82) is 5.26 Å². The molecule has 2 rings (SSSR count). The molecular weight excluding hydrogens is 350 g/mol. The highest BCUT2D eigenvalue weighted by atomic mass is 16.5. The van der Waals surface area contributed by atoms with Crippen molar-refractivity contribution in [3.63, 3.8) is 0 Å². The minimum absolute atomic E-state index is 0.0782. The summed E-state index contributed by atoms with van der Waals surface area (Å²) >= 11 is 0. The third-order valence-electron chi connectivity index (χ3n) is 3.74. The molecule has 7 nitrogen and oxygen atoms in total. The standard InChI is InChI=1S/C20H17NO6/c1-12-6-16(26-2)8-14(17(12)10-21)11-27-15-5-3-4-13(7-15)18(22)9-19(23)20(24)25/h3-9,23H,11H2,1-2H3,(H,24,25). The summed E-state index contributed by atoms with van der Waals surface area (Å²) in [4.78, 5) is 22.6. The molecule has 2 aromatic rings. The van der Waals surface area contributed by atoms with Crippen LogP contribution in [0.25, 0.3) is 0 Å². The lowest BCUT2D eigenvalue weighted by molar-refractivity contribution is -0.135. The maximum atomic E-state index is 12.0. The second-order valence-electron chi connectivity index (χ2n) is 5.61. The molecule has 0 saturated carbocycles. The highest BCUT2D eigenvalue weighted by Crippen LogP contribution is 2.24. The summed E-state index contributed by atoms with van der Waals surface area (Å²) in [6.07, 6.45) is 0.626. The third kappa shape index (κ3) is 4.86. The zero-order chi connectivity index (χ0) is 20.0. The first-order valence-corrected chi connectivity index (χ1v) is 7.84. The van der Waals surface area contributed by atoms with Gasteiger partial charge in [0.1, 0.15) is 18.1 Å². The monoisotopic (exact) mass is 367 g/mol. The Morgan fingerprint density at radius 2 is 1.93 bits per heavy atom. The number of benzene rings is 2. The van der Waals surface area contributed by atoms with E-state index in [-0.39, 0.29) is 12.2 Å². The molecule has 0 saturated heterocycles. The van der Waals surface area contributed by atoms with E-state index in [1.807, 2.05) is 0 Å². The van der Waals surface area contributed by atoms with Crippen molar-refractivity contribution >= 4 is 11.8 Å². The summed E-state index contributed by atoms with van der Waals surface area (Å²) in [5.74, 6) is -2.35. The van der Waals surface area contributed by atoms with Crippen LogP contribution < -0.4 is 9.47 Å². The van der Waals surface area contributed by atoms with Gasteiger partial charge < -0.3 is 19.7 Å². The number of nitrogens with zero attached hydrogens (tertiary/aromatic N) is 1. The summed E-state index contributed by atoms with van der Waals surface area (Å²) in [5.41, 5.74) is 2.03. The molecule has 0 radical (unpaired) electrons. The predicted molar refractivity (Wildman–Crippen MR) is 95.9 cm³/mol. The fraction of sp³-hybridized carbons (Fsp3) is 0.150. The minimum Gasteiger partial charge on any atom is -0.502 e. The van der Waals surface area contributed by atoms with Crippen LogP contribution in [0.1, 0.15) is 27.0 Å². The lowest BCUT2D eigenvalue weighted by Gasteiger charge is -2.12. The number of aliphatic carboxylic acids is 1. The van der Waals surface area contributed by atoms with Crippen molar-refractivity contribution in [2.24, 2.45) is 0 Å². The number of allylic oxidation sites excluding steroid dienone is 1. The van der Waals surface area contributed by atoms with E-state index in [0.29, 0.717) is 28.7 Å². The zero-order valence-corrected chi connectivity index (χ0v) is 14.7. The van der Waals surface area contributed by atoms with E-state index in [4.69, 9.17) is 14.6 Å². The van der Waals surface area contributed by atoms with Gasteiger partial charge in [-0.05, 0) is 36.8 Å². The number of methoxy groups -OCH3 is 1. The molecule has 0 aliphatic carbocycles. The van der Waals surface area contributed by atoms with Crippen molar-refractivity contribution in [3.05, 3.63) is 70.5 Å². The van der Waals surface area contributed by atoms with Crippen LogP contribution in [0.5, 0.6) is 11.5 Å². The third-order valence-corrected chi connectivity index (χ3v) is 3.74. The highest BCUT2D eigenvalue weighted by molar-refractivity contribution is 6.07. The normalized spacial score (nSPS) is 10.8. The Hall–Kier alpha value is -3.79. The van der Waals surface area contributed by atoms with E-state index >= 15 is 0 Å². The fourth-order valence-corrected chi connectivity index (χ4v) is 2.39. The number of nitriles is 1. The van der Waals surface area contributed by atoms with Crippen molar-refractivity contribution in [2.45, 2.75) is 13.5 Å². The second-order valence-corrected chi connectivity index (χ2v) is 5.61. The van der Waals surface area contributed by atoms with Crippen molar-refractivity contribution in [1.82, 2.24) is 0 Å². The van der Waals surface area contributed by atoms with Gasteiger partial charge in [0.25, 0.3) is 0 Å². The Morgan fingerprint density at radius 1 is 1.19 bits per heavy atom. The number of hydrogen-bond donors (Lipinski definition) is 2. The van der Waals surface area contributed by atoms with Crippen LogP contribution in [-0.4, -0.2) is 29.1 Å². The van der Waals surface area contributed by atoms with Crippen LogP contribution in [0.15, 0.2) is 48.2 Å². The SMILES string of the molecule is COc1cc(C)c(C#N)c(COc2cccc(C(=O)C=C(O)C(=O)O)c2)c1. The molecule has 0 atom stereocenters. The molecule has 0 bridgehead atoms. The van der Waals surface area contributed by atoms with Crippen molar-refractivity contribution < 1.29 is 29.3 Å². The zero-order valence-electron chi connectivity index (χ0n) is 14.7. The number of carboxylic acid groups (broad SMARTS) is 1. The van der Waals surface area contributed by atoms with Crippen LogP contribution in [0.3, 0.4) is 0 Å². The van der Waals surface area contributed by atoms with Gasteiger partial charge in [0.2, 0.25) is 5.76 Å². The smallest absolute Gasteiger partial charge is 0.371 e. The van der Waals surface area contributed by atoms with Crippen LogP contribution >= 0.6 is 0 Å². The number of carbonyl (C=O) groups is 2. The van der Waals surface area contributed by atoms with Gasteiger partial charge in [0, 0.05) is 17.2 Å². The molecule has 2 aromatic carbocycles. The number of rotatable bonds is 7. The van der Waals surface area contributed by atoms with Gasteiger partial charge in [-0.2, -0.15) is 5.26 Å². The molecule has 27 heavy (non-hydrogen) atoms. The molecule has 0 heterocycles. The molecular formula is C20H17NO6. The molecule has 7 heteroatoms. The summed E-state index contributed by atoms with van der Waals surface area (Å²) in [6, 6.07) is 11.7. The van der Waals surface area contributed by atoms with E-state index < -0.39 is 17.5 Å². The van der Waals surface area contributed by atoms with Gasteiger partial charge in [-0.25, -0.2) is 4.79 Å². The van der Waals surface area contributed by atoms with Gasteiger partial charge in [0.05, 0.1) is 18.7 Å². The molecule has 0 aromatic heterocycles. The van der Waals surface area contributed by atoms with Gasteiger partial charge in [-0.1, -0.05) is 12.1 Å². The molecule has 0 spiro atoms. The number of carbonyl (C=O) groups excluding carboxylic acids is 1. The number of aliphatic hydroxyl groups is 1. The Balaban J connectivity index is 2.22. The molecule has 0 amide bonds. The van der Waals surface area contributed by atoms with Crippen molar-refractivity contribution in [2.75, 3.05) is 7.11 Å². The van der Waals surface area contributed by atoms with Crippen LogP contribution in [0.2, 0.25) is 0 Å². The largest absolute Gasteiger partial charge is 0.502 e. The Bertz CT molecular complexity index is 955. The predicted octanol–water partition coefficient (Wildman–Crippen LogP) is 3.16. The number of ether oxygens (including phenoxy) is 2. The lowest BCUT2D eigenvalue weighted by Crippen LogP contribution is -2.05. The van der Waals surface area contributed by atoms with Gasteiger partial charge in [0.15, 0.2) is 5.78 Å². The quantitative estimate of drug-likeness (QED) is 0.438. The van der Waals surface area contributed by atoms with E-state index in [0.717, 1.165) is 5.56 Å². The Labute approximate surface area is 155 Å². The van der Waals surface area contributed by atoms with Crippen LogP contribution in [0.4, 0.5) is 0 Å². The number of aliphatic hydroxyl groups excluding tert-OH is 1. The first kappa shape index (κ1) is 19.5. The maximum Gasteiger partial charge on any atom is 0.371 e. The summed E-state index contributed by atoms with van der Waals surface area (Å²) in [5, 5.41) is 27.1. The molecule has 0 fully saturated rings. The van der Waals surface area contributed by atoms with Crippen molar-refractivity contribution in [3.8, 4) is 17.6 Å². The first-order valence-electron chi connectivity index (χ1n) is 7.84. The lowest BCUT2D eigenvalue weighted by atomic mass is 10.0. The topological polar surface area (TPSA) is 117 Å². The number of hydrogen-bond acceptors (Lipinski definition) is 6. The van der Waals surface area contributed by atoms with Crippen LogP contribution in [0, 0.1) is 18.3 Å². The van der Waals surface area contributed by atoms with Crippen LogP contribution in [-0.2, 0) is 11.4 Å². The molecule has 138 valence electrons. The van der Waals surface area contributed by atoms with E-state index in [1.165, 1.54) is 19.2 Å². The number of ketones is 1. The summed E-state index contributed by atoms with van der Waals surface area (Å²) < 4.78 is 10.9. The highest BCUT2D eigenvalue weighted by Gasteiger charge is 2.12. The van der Waals surface area contributed by atoms with Gasteiger partial charge >= 0.3 is 5.97 Å². The molecule has 0 aliphatic heterocycles. The summed E-state index contributed by atoms with van der Waals surface area (Å²) in [6.45, 7) is 1.87. The fourth-order valence-electron chi connectivity index (χ4n) is 2.39. The maximum absolute atomic E-state index is 12.0.